The molecule has 0 aliphatic rings. The summed E-state index contributed by atoms with van der Waals surface area (Å²) in [7, 11) is 0. The summed E-state index contributed by atoms with van der Waals surface area (Å²) in [5, 5.41) is 20.5. The Morgan fingerprint density at radius 2 is 1.25 bits per heavy atom. The number of nitriles is 2. The average molecular weight is 679 g/mol. The van der Waals surface area contributed by atoms with Crippen molar-refractivity contribution in [2.75, 3.05) is 0 Å². The Balaban J connectivity index is 0. The van der Waals surface area contributed by atoms with Crippen LogP contribution in [0.25, 0.3) is 0 Å². The molecule has 0 saturated heterocycles. The molecule has 0 aliphatic heterocycles. The Morgan fingerprint density at radius 3 is 1.56 bits per heavy atom. The van der Waals surface area contributed by atoms with Crippen LogP contribution in [0.15, 0.2) is 36.4 Å². The van der Waals surface area contributed by atoms with E-state index in [4.69, 9.17) is 56.9 Å². The normalized spacial score (nSPS) is 11.4. The van der Waals surface area contributed by atoms with Gasteiger partial charge in [-0.1, -0.05) is 95.4 Å². The summed E-state index contributed by atoms with van der Waals surface area (Å²) in [5.41, 5.74) is 0.925. The van der Waals surface area contributed by atoms with Crippen LogP contribution in [0.4, 0.5) is 0 Å². The van der Waals surface area contributed by atoms with Gasteiger partial charge in [0.05, 0.1) is 20.1 Å². The Kier molecular flexibility index (Phi) is 21.1. The van der Waals surface area contributed by atoms with Gasteiger partial charge in [-0.15, -0.1) is 0 Å². The number of thiocyanates is 2. The molecule has 2 aromatic carbocycles. The van der Waals surface area contributed by atoms with E-state index in [1.807, 2.05) is 33.1 Å². The van der Waals surface area contributed by atoms with Gasteiger partial charge in [-0.2, -0.15) is 5.26 Å². The zero-order valence-electron chi connectivity index (χ0n) is 20.2. The van der Waals surface area contributed by atoms with Gasteiger partial charge in [0.15, 0.2) is 11.6 Å². The molecule has 36 heavy (non-hydrogen) atoms. The molecule has 0 heterocycles. The molecule has 0 aromatic heterocycles. The smallest absolute Gasteiger partial charge is 0.696 e. The Hall–Kier alpha value is -0.0300. The monoisotopic (exact) mass is 676 g/mol. The standard InChI is InChI=1S/C12H11Cl2NOS.C11H11BrCl2O.CHNS.Na/c1-7(2)12(17-6-15)11(16)9-4-3-8(13)5-10(9)14;1-6(2)10(12)11(15)8-4-3-7(13)5-9(8)14;2-1-3;/h3-5,7,12H,1-2H3;3-6,10H,1-2H3;3H;/q;;;+1/p-1. The van der Waals surface area contributed by atoms with E-state index in [0.29, 0.717) is 31.2 Å². The van der Waals surface area contributed by atoms with Gasteiger partial charge in [0, 0.05) is 21.2 Å². The number of nitrogens with zero attached hydrogens (tertiary/aromatic N) is 2. The fraction of sp³-hybridized carbons (Fsp3) is 0.333. The SMILES string of the molecule is CC(C)C(Br)C(=O)c1ccc(Cl)cc1Cl.CC(C)C(SC#N)C(=O)c1ccc(Cl)cc1Cl.N#C[S-].[Na+]. The second-order valence-corrected chi connectivity index (χ2v) is 11.4. The van der Waals surface area contributed by atoms with Crippen LogP contribution in [0.3, 0.4) is 0 Å². The summed E-state index contributed by atoms with van der Waals surface area (Å²) in [6, 6.07) is 9.65. The number of alkyl halides is 1. The summed E-state index contributed by atoms with van der Waals surface area (Å²) in [5.74, 6) is 0.156. The molecule has 0 radical (unpaired) electrons. The van der Waals surface area contributed by atoms with E-state index in [9.17, 15) is 9.59 Å². The predicted molar refractivity (Wildman–Crippen MR) is 154 cm³/mol. The number of hydrogen-bond acceptors (Lipinski definition) is 6. The van der Waals surface area contributed by atoms with E-state index in [1.165, 1.54) is 11.5 Å². The minimum atomic E-state index is -0.404. The van der Waals surface area contributed by atoms with E-state index >= 15 is 0 Å². The van der Waals surface area contributed by atoms with Gasteiger partial charge in [-0.3, -0.25) is 9.59 Å². The van der Waals surface area contributed by atoms with E-state index in [0.717, 1.165) is 11.8 Å². The Bertz CT molecular complexity index is 1110. The van der Waals surface area contributed by atoms with Crippen molar-refractivity contribution in [1.29, 1.82) is 10.5 Å². The average Bonchev–Trinajstić information content (AvgIpc) is 2.77. The maximum Gasteiger partial charge on any atom is 1.00 e. The molecule has 0 aliphatic carbocycles. The molecule has 0 amide bonds. The zero-order valence-corrected chi connectivity index (χ0v) is 28.4. The van der Waals surface area contributed by atoms with Crippen LogP contribution in [-0.2, 0) is 12.6 Å². The van der Waals surface area contributed by atoms with Crippen LogP contribution >= 0.6 is 74.1 Å². The van der Waals surface area contributed by atoms with Gasteiger partial charge in [-0.05, 0) is 60.0 Å². The second-order valence-electron chi connectivity index (χ2n) is 7.59. The third kappa shape index (κ3) is 13.2. The molecule has 0 saturated carbocycles. The van der Waals surface area contributed by atoms with Crippen molar-refractivity contribution in [3.05, 3.63) is 67.6 Å². The number of rotatable bonds is 7. The van der Waals surface area contributed by atoms with Crippen LogP contribution in [-0.4, -0.2) is 21.6 Å². The van der Waals surface area contributed by atoms with Crippen LogP contribution in [0.5, 0.6) is 0 Å². The summed E-state index contributed by atoms with van der Waals surface area (Å²) < 4.78 is 0. The molecule has 0 bridgehead atoms. The van der Waals surface area contributed by atoms with Crippen LogP contribution < -0.4 is 29.6 Å². The van der Waals surface area contributed by atoms with E-state index < -0.39 is 5.25 Å². The van der Waals surface area contributed by atoms with Gasteiger partial charge >= 0.3 is 29.6 Å². The molecular weight excluding hydrogens is 657 g/mol. The quantitative estimate of drug-likeness (QED) is 0.117. The minimum Gasteiger partial charge on any atom is -0.696 e. The van der Waals surface area contributed by atoms with E-state index in [2.05, 4.69) is 28.6 Å². The molecule has 4 nitrogen and oxygen atoms in total. The van der Waals surface area contributed by atoms with Crippen molar-refractivity contribution in [3.63, 3.8) is 0 Å². The number of benzene rings is 2. The summed E-state index contributed by atoms with van der Waals surface area (Å²) in [4.78, 5) is 23.9. The molecule has 0 N–H and O–H groups in total. The molecule has 0 fully saturated rings. The fourth-order valence-electron chi connectivity index (χ4n) is 2.53. The van der Waals surface area contributed by atoms with E-state index in [1.54, 1.807) is 30.3 Å². The van der Waals surface area contributed by atoms with Gasteiger partial charge in [0.2, 0.25) is 0 Å². The van der Waals surface area contributed by atoms with Crippen molar-refractivity contribution in [2.24, 2.45) is 11.8 Å². The first kappa shape index (κ1) is 38.1. The molecule has 2 aromatic rings. The summed E-state index contributed by atoms with van der Waals surface area (Å²) in [6.07, 6.45) is 0. The van der Waals surface area contributed by atoms with Crippen molar-refractivity contribution >= 4 is 98.3 Å². The van der Waals surface area contributed by atoms with Crippen LogP contribution in [0, 0.1) is 33.2 Å². The number of halogens is 5. The number of carbonyl (C=O) groups excluding carboxylic acids is 2. The van der Waals surface area contributed by atoms with Crippen molar-refractivity contribution in [3.8, 4) is 10.8 Å². The predicted octanol–water partition coefficient (Wildman–Crippen LogP) is 6.03. The first-order valence-electron chi connectivity index (χ1n) is 10.0. The van der Waals surface area contributed by atoms with Crippen LogP contribution in [0.1, 0.15) is 48.4 Å². The van der Waals surface area contributed by atoms with Crippen molar-refractivity contribution in [2.45, 2.75) is 37.8 Å². The largest absolute Gasteiger partial charge is 1.00 e. The van der Waals surface area contributed by atoms with Crippen molar-refractivity contribution in [1.82, 2.24) is 0 Å². The fourth-order valence-corrected chi connectivity index (χ4v) is 4.40. The molecule has 188 valence electrons. The van der Waals surface area contributed by atoms with E-state index in [-0.39, 0.29) is 57.8 Å². The van der Waals surface area contributed by atoms with Gasteiger partial charge in [0.1, 0.15) is 5.40 Å². The first-order valence-corrected chi connectivity index (χ1v) is 13.7. The van der Waals surface area contributed by atoms with Crippen molar-refractivity contribution < 1.29 is 39.1 Å². The van der Waals surface area contributed by atoms with Crippen LogP contribution in [0.2, 0.25) is 20.1 Å². The summed E-state index contributed by atoms with van der Waals surface area (Å²) in [6.45, 7) is 7.75. The number of ketones is 2. The Labute approximate surface area is 273 Å². The maximum absolute atomic E-state index is 12.2. The van der Waals surface area contributed by atoms with Gasteiger partial charge in [-0.25, -0.2) is 5.26 Å². The zero-order chi connectivity index (χ0) is 27.3. The molecule has 2 rings (SSSR count). The molecular formula is C24H22BrCl4N2NaO2S2. The molecule has 2 atom stereocenters. The maximum atomic E-state index is 12.2. The number of carbonyl (C=O) groups is 2. The number of hydrogen-bond donors (Lipinski definition) is 0. The second kappa shape index (κ2) is 20.0. The molecule has 0 spiro atoms. The topological polar surface area (TPSA) is 81.7 Å². The van der Waals surface area contributed by atoms with Gasteiger partial charge in [0.25, 0.3) is 0 Å². The summed E-state index contributed by atoms with van der Waals surface area (Å²) >= 11 is 31.5. The number of Topliss-reactive ketones (excluding diaryl/α,β-unsaturated/α-hetero) is 2. The third-order valence-electron chi connectivity index (χ3n) is 4.27. The Morgan fingerprint density at radius 1 is 0.861 bits per heavy atom. The minimum absolute atomic E-state index is 0. The molecule has 2 unspecified atom stereocenters. The number of thioether (sulfide) groups is 1. The first-order chi connectivity index (χ1) is 16.3. The molecule has 12 heteroatoms. The van der Waals surface area contributed by atoms with Gasteiger partial charge < -0.3 is 12.6 Å². The third-order valence-corrected chi connectivity index (χ3v) is 7.96.